The summed E-state index contributed by atoms with van der Waals surface area (Å²) < 4.78 is 0. The average molecular weight is 227 g/mol. The molecule has 0 aliphatic heterocycles. The number of hydrogen-bond donors (Lipinski definition) is 2. The summed E-state index contributed by atoms with van der Waals surface area (Å²) in [6, 6.07) is 0. The fraction of sp³-hybridized carbons (Fsp3) is 0.778. The van der Waals surface area contributed by atoms with E-state index < -0.39 is 17.9 Å². The van der Waals surface area contributed by atoms with Crippen LogP contribution in [0.2, 0.25) is 0 Å². The van der Waals surface area contributed by atoms with E-state index in [-0.39, 0.29) is 57.8 Å². The van der Waals surface area contributed by atoms with E-state index in [1.165, 1.54) is 0 Å². The Kier molecular flexibility index (Phi) is 12.3. The van der Waals surface area contributed by atoms with Gasteiger partial charge in [0.05, 0.1) is 0 Å². The Morgan fingerprint density at radius 3 is 1.93 bits per heavy atom. The van der Waals surface area contributed by atoms with Crippen LogP contribution < -0.4 is 0 Å². The number of carboxylic acids is 2. The molecule has 1 radical (unpaired) electrons. The van der Waals surface area contributed by atoms with E-state index in [1.807, 2.05) is 6.92 Å². The van der Waals surface area contributed by atoms with E-state index in [0.717, 1.165) is 19.3 Å². The van der Waals surface area contributed by atoms with Crippen molar-refractivity contribution in [1.82, 2.24) is 0 Å². The maximum absolute atomic E-state index is 10.4. The average Bonchev–Trinajstić information content (AvgIpc) is 2.02. The van der Waals surface area contributed by atoms with Crippen LogP contribution in [0.5, 0.6) is 0 Å². The number of aliphatic carboxylic acids is 2. The third kappa shape index (κ3) is 7.93. The Balaban J connectivity index is 0. The zero-order valence-corrected chi connectivity index (χ0v) is 11.9. The van der Waals surface area contributed by atoms with Gasteiger partial charge in [-0.25, -0.2) is 0 Å². The van der Waals surface area contributed by atoms with Crippen LogP contribution in [0.3, 0.4) is 0 Å². The van der Waals surface area contributed by atoms with Gasteiger partial charge >= 0.3 is 11.9 Å². The second kappa shape index (κ2) is 10.1. The third-order valence-electron chi connectivity index (χ3n) is 1.94. The Labute approximate surface area is 126 Å². The van der Waals surface area contributed by atoms with Crippen LogP contribution in [-0.4, -0.2) is 73.5 Å². The van der Waals surface area contributed by atoms with Crippen LogP contribution in [0.4, 0.5) is 0 Å². The Hall–Kier alpha value is 0.576. The molecule has 0 heterocycles. The molecule has 0 rings (SSSR count). The number of carboxylic acid groups (broad SMARTS) is 2. The fourth-order valence-electron chi connectivity index (χ4n) is 1.13. The van der Waals surface area contributed by atoms with Gasteiger partial charge in [0.25, 0.3) is 0 Å². The van der Waals surface area contributed by atoms with E-state index in [4.69, 9.17) is 10.2 Å². The first-order chi connectivity index (χ1) is 6.09. The molecule has 0 aromatic carbocycles. The molecule has 0 bridgehead atoms. The van der Waals surface area contributed by atoms with Crippen molar-refractivity contribution < 1.29 is 19.8 Å². The molecule has 0 unspecified atom stereocenters. The summed E-state index contributed by atoms with van der Waals surface area (Å²) in [5.74, 6) is -3.69. The third-order valence-corrected chi connectivity index (χ3v) is 1.94. The van der Waals surface area contributed by atoms with Crippen molar-refractivity contribution in [2.24, 2.45) is 5.92 Å². The van der Waals surface area contributed by atoms with Crippen LogP contribution >= 0.6 is 0 Å². The minimum Gasteiger partial charge on any atom is -0.481 e. The van der Waals surface area contributed by atoms with Gasteiger partial charge in [-0.05, 0) is 6.42 Å². The molecule has 0 aliphatic carbocycles. The topological polar surface area (TPSA) is 74.6 Å². The van der Waals surface area contributed by atoms with Crippen molar-refractivity contribution >= 4 is 63.3 Å². The minimum atomic E-state index is -1.23. The quantitative estimate of drug-likeness (QED) is 0.391. The Morgan fingerprint density at radius 1 is 1.07 bits per heavy atom. The second-order valence-electron chi connectivity index (χ2n) is 3.08. The summed E-state index contributed by atoms with van der Waals surface area (Å²) in [6.45, 7) is 2.05. The zero-order valence-electron chi connectivity index (χ0n) is 8.82. The van der Waals surface area contributed by atoms with Crippen LogP contribution in [0, 0.1) is 5.92 Å². The molecule has 0 aromatic rings. The summed E-state index contributed by atoms with van der Waals surface area (Å²) in [6.07, 6.45) is 3.92. The molecular weight excluding hydrogens is 211 g/mol. The minimum absolute atomic E-state index is 0. The van der Waals surface area contributed by atoms with Gasteiger partial charge in [-0.1, -0.05) is 32.6 Å². The van der Waals surface area contributed by atoms with Crippen LogP contribution in [0.1, 0.15) is 39.0 Å². The molecule has 0 saturated carbocycles. The van der Waals surface area contributed by atoms with Crippen molar-refractivity contribution in [3.05, 3.63) is 0 Å². The van der Waals surface area contributed by atoms with Gasteiger partial charge in [0.1, 0.15) is 0 Å². The summed E-state index contributed by atoms with van der Waals surface area (Å²) in [7, 11) is 0. The fourth-order valence-corrected chi connectivity index (χ4v) is 1.13. The van der Waals surface area contributed by atoms with Crippen molar-refractivity contribution in [2.45, 2.75) is 39.0 Å². The number of rotatable bonds is 7. The SMILES string of the molecule is CCCCCCC(C(=O)O)C(=O)O.[K]. The van der Waals surface area contributed by atoms with Crippen molar-refractivity contribution in [1.29, 1.82) is 0 Å². The van der Waals surface area contributed by atoms with Gasteiger partial charge in [-0.2, -0.15) is 0 Å². The molecule has 14 heavy (non-hydrogen) atoms. The van der Waals surface area contributed by atoms with E-state index in [0.29, 0.717) is 6.42 Å². The molecule has 0 saturated heterocycles. The van der Waals surface area contributed by atoms with Crippen LogP contribution in [-0.2, 0) is 9.59 Å². The zero-order chi connectivity index (χ0) is 10.3. The van der Waals surface area contributed by atoms with Gasteiger partial charge in [0.15, 0.2) is 5.92 Å². The summed E-state index contributed by atoms with van der Waals surface area (Å²) in [4.78, 5) is 20.8. The number of unbranched alkanes of at least 4 members (excludes halogenated alkanes) is 3. The van der Waals surface area contributed by atoms with Crippen LogP contribution in [0.15, 0.2) is 0 Å². The van der Waals surface area contributed by atoms with E-state index in [1.54, 1.807) is 0 Å². The molecule has 0 aliphatic rings. The molecule has 0 spiro atoms. The molecule has 0 aromatic heterocycles. The van der Waals surface area contributed by atoms with Gasteiger partial charge < -0.3 is 10.2 Å². The molecule has 77 valence electrons. The number of hydrogen-bond acceptors (Lipinski definition) is 2. The summed E-state index contributed by atoms with van der Waals surface area (Å²) in [5, 5.41) is 17.0. The first-order valence-electron chi connectivity index (χ1n) is 4.55. The predicted molar refractivity (Wildman–Crippen MR) is 53.3 cm³/mol. The van der Waals surface area contributed by atoms with Gasteiger partial charge in [-0.3, -0.25) is 9.59 Å². The largest absolute Gasteiger partial charge is 0.481 e. The van der Waals surface area contributed by atoms with E-state index in [9.17, 15) is 9.59 Å². The van der Waals surface area contributed by atoms with Crippen LogP contribution in [0.25, 0.3) is 0 Å². The predicted octanol–water partition coefficient (Wildman–Crippen LogP) is 1.36. The molecule has 0 amide bonds. The summed E-state index contributed by atoms with van der Waals surface area (Å²) in [5.41, 5.74) is 0. The molecular formula is C9H16KO4. The van der Waals surface area contributed by atoms with Crippen molar-refractivity contribution in [3.63, 3.8) is 0 Å². The van der Waals surface area contributed by atoms with E-state index in [2.05, 4.69) is 0 Å². The molecule has 0 fully saturated rings. The monoisotopic (exact) mass is 227 g/mol. The van der Waals surface area contributed by atoms with Crippen molar-refractivity contribution in [3.8, 4) is 0 Å². The molecule has 4 nitrogen and oxygen atoms in total. The van der Waals surface area contributed by atoms with Gasteiger partial charge in [0, 0.05) is 51.4 Å². The van der Waals surface area contributed by atoms with Gasteiger partial charge in [-0.15, -0.1) is 0 Å². The smallest absolute Gasteiger partial charge is 0.317 e. The Morgan fingerprint density at radius 2 is 1.57 bits per heavy atom. The van der Waals surface area contributed by atoms with Crippen molar-refractivity contribution in [2.75, 3.05) is 0 Å². The normalized spacial score (nSPS) is 9.57. The summed E-state index contributed by atoms with van der Waals surface area (Å²) >= 11 is 0. The maximum Gasteiger partial charge on any atom is 0.317 e. The Bertz CT molecular complexity index is 168. The molecule has 5 heteroatoms. The standard InChI is InChI=1S/C9H16O4.K/c1-2-3-4-5-6-7(8(10)11)9(12)13;/h7H,2-6H2,1H3,(H,10,11)(H,12,13);. The first kappa shape index (κ1) is 17.0. The number of carbonyl (C=O) groups is 2. The van der Waals surface area contributed by atoms with Gasteiger partial charge in [0.2, 0.25) is 0 Å². The first-order valence-corrected chi connectivity index (χ1v) is 4.55. The van der Waals surface area contributed by atoms with E-state index >= 15 is 0 Å². The molecule has 0 atom stereocenters. The molecule has 2 N–H and O–H groups in total. The second-order valence-corrected chi connectivity index (χ2v) is 3.08. The maximum atomic E-state index is 10.4.